The first-order chi connectivity index (χ1) is 8.25. The van der Waals surface area contributed by atoms with Gasteiger partial charge in [0.2, 0.25) is 0 Å². The molecule has 1 aromatic carbocycles. The number of aliphatic hydroxyl groups excluding tert-OH is 1. The van der Waals surface area contributed by atoms with Gasteiger partial charge in [-0.25, -0.2) is 4.99 Å². The SMILES string of the molecule is NC(=NC1CCCCC1O)Nc1ccccc1. The van der Waals surface area contributed by atoms with Crippen LogP contribution >= 0.6 is 0 Å². The summed E-state index contributed by atoms with van der Waals surface area (Å²) in [5.74, 6) is 0.377. The molecule has 2 unspecified atom stereocenters. The topological polar surface area (TPSA) is 70.6 Å². The molecule has 17 heavy (non-hydrogen) atoms. The fraction of sp³-hybridized carbons (Fsp3) is 0.462. The standard InChI is InChI=1S/C13H19N3O/c14-13(15-10-6-2-1-3-7-10)16-11-8-4-5-9-12(11)17/h1-3,6-7,11-12,17H,4-5,8-9H2,(H3,14,15,16). The molecule has 0 heterocycles. The molecule has 92 valence electrons. The predicted octanol–water partition coefficient (Wildman–Crippen LogP) is 1.72. The van der Waals surface area contributed by atoms with Gasteiger partial charge in [0, 0.05) is 5.69 Å². The van der Waals surface area contributed by atoms with Crippen LogP contribution in [-0.2, 0) is 0 Å². The molecule has 1 fully saturated rings. The summed E-state index contributed by atoms with van der Waals surface area (Å²) in [4.78, 5) is 4.35. The first-order valence-electron chi connectivity index (χ1n) is 6.09. The fourth-order valence-corrected chi connectivity index (χ4v) is 2.12. The first kappa shape index (κ1) is 11.9. The van der Waals surface area contributed by atoms with Crippen molar-refractivity contribution < 1.29 is 5.11 Å². The van der Waals surface area contributed by atoms with Gasteiger partial charge in [0.15, 0.2) is 5.96 Å². The molecule has 1 aliphatic rings. The lowest BCUT2D eigenvalue weighted by atomic mass is 9.93. The summed E-state index contributed by atoms with van der Waals surface area (Å²) in [6.45, 7) is 0. The second-order valence-electron chi connectivity index (χ2n) is 4.42. The van der Waals surface area contributed by atoms with Gasteiger partial charge in [-0.1, -0.05) is 31.0 Å². The Hall–Kier alpha value is -1.55. The Morgan fingerprint density at radius 2 is 1.94 bits per heavy atom. The van der Waals surface area contributed by atoms with Crippen molar-refractivity contribution in [1.29, 1.82) is 0 Å². The summed E-state index contributed by atoms with van der Waals surface area (Å²) >= 11 is 0. The van der Waals surface area contributed by atoms with Gasteiger partial charge < -0.3 is 16.2 Å². The minimum absolute atomic E-state index is 0.0556. The van der Waals surface area contributed by atoms with E-state index in [9.17, 15) is 5.11 Å². The van der Waals surface area contributed by atoms with Crippen LogP contribution in [0.3, 0.4) is 0 Å². The molecule has 0 saturated heterocycles. The van der Waals surface area contributed by atoms with Crippen LogP contribution in [0.5, 0.6) is 0 Å². The summed E-state index contributed by atoms with van der Waals surface area (Å²) in [5, 5.41) is 12.8. The second kappa shape index (κ2) is 5.68. The maximum absolute atomic E-state index is 9.79. The summed E-state index contributed by atoms with van der Waals surface area (Å²) in [5.41, 5.74) is 6.74. The maximum Gasteiger partial charge on any atom is 0.193 e. The molecule has 0 spiro atoms. The molecule has 4 heteroatoms. The summed E-state index contributed by atoms with van der Waals surface area (Å²) in [7, 11) is 0. The van der Waals surface area contributed by atoms with Gasteiger partial charge in [0.25, 0.3) is 0 Å². The Morgan fingerprint density at radius 1 is 1.24 bits per heavy atom. The van der Waals surface area contributed by atoms with Gasteiger partial charge in [-0.3, -0.25) is 0 Å². The molecule has 0 aromatic heterocycles. The van der Waals surface area contributed by atoms with Gasteiger partial charge >= 0.3 is 0 Å². The summed E-state index contributed by atoms with van der Waals surface area (Å²) in [6, 6.07) is 9.62. The molecule has 0 amide bonds. The molecule has 0 bridgehead atoms. The number of nitrogens with one attached hydrogen (secondary N) is 1. The molecule has 1 saturated carbocycles. The Kier molecular flexibility index (Phi) is 3.98. The number of rotatable bonds is 2. The van der Waals surface area contributed by atoms with Crippen LogP contribution in [0.4, 0.5) is 5.69 Å². The number of guanidine groups is 1. The average Bonchev–Trinajstić information content (AvgIpc) is 2.33. The summed E-state index contributed by atoms with van der Waals surface area (Å²) < 4.78 is 0. The zero-order chi connectivity index (χ0) is 12.1. The normalized spacial score (nSPS) is 25.6. The lowest BCUT2D eigenvalue weighted by Gasteiger charge is -2.24. The number of aliphatic hydroxyl groups is 1. The molecule has 0 radical (unpaired) electrons. The molecule has 2 rings (SSSR count). The van der Waals surface area contributed by atoms with Gasteiger partial charge in [0.05, 0.1) is 12.1 Å². The van der Waals surface area contributed by atoms with Crippen molar-refractivity contribution in [3.8, 4) is 0 Å². The lowest BCUT2D eigenvalue weighted by Crippen LogP contribution is -2.33. The number of nitrogens with zero attached hydrogens (tertiary/aromatic N) is 1. The Morgan fingerprint density at radius 3 is 2.65 bits per heavy atom. The van der Waals surface area contributed by atoms with Crippen LogP contribution in [0.15, 0.2) is 35.3 Å². The zero-order valence-corrected chi connectivity index (χ0v) is 9.84. The minimum atomic E-state index is -0.347. The fourth-order valence-electron chi connectivity index (χ4n) is 2.12. The third-order valence-corrected chi connectivity index (χ3v) is 3.05. The number of anilines is 1. The van der Waals surface area contributed by atoms with E-state index in [1.54, 1.807) is 0 Å². The highest BCUT2D eigenvalue weighted by molar-refractivity contribution is 5.92. The molecular weight excluding hydrogens is 214 g/mol. The van der Waals surface area contributed by atoms with Gasteiger partial charge in [-0.05, 0) is 25.0 Å². The van der Waals surface area contributed by atoms with E-state index >= 15 is 0 Å². The monoisotopic (exact) mass is 233 g/mol. The van der Waals surface area contributed by atoms with Crippen LogP contribution in [0.2, 0.25) is 0 Å². The summed E-state index contributed by atoms with van der Waals surface area (Å²) in [6.07, 6.45) is 3.59. The molecule has 1 aromatic rings. The Balaban J connectivity index is 1.96. The minimum Gasteiger partial charge on any atom is -0.391 e. The highest BCUT2D eigenvalue weighted by Gasteiger charge is 2.22. The van der Waals surface area contributed by atoms with Crippen LogP contribution < -0.4 is 11.1 Å². The molecule has 0 aliphatic heterocycles. The number of para-hydroxylation sites is 1. The molecule has 1 aliphatic carbocycles. The maximum atomic E-state index is 9.79. The van der Waals surface area contributed by atoms with E-state index in [0.717, 1.165) is 31.4 Å². The van der Waals surface area contributed by atoms with E-state index in [4.69, 9.17) is 5.73 Å². The number of hydrogen-bond acceptors (Lipinski definition) is 2. The molecule has 4 nitrogen and oxygen atoms in total. The first-order valence-corrected chi connectivity index (χ1v) is 6.09. The molecular formula is C13H19N3O. The second-order valence-corrected chi connectivity index (χ2v) is 4.42. The quantitative estimate of drug-likeness (QED) is 0.538. The largest absolute Gasteiger partial charge is 0.391 e. The number of benzene rings is 1. The molecule has 2 atom stereocenters. The van der Waals surface area contributed by atoms with Crippen LogP contribution in [0, 0.1) is 0 Å². The van der Waals surface area contributed by atoms with Crippen LogP contribution in [0.1, 0.15) is 25.7 Å². The van der Waals surface area contributed by atoms with Gasteiger partial charge in [-0.15, -0.1) is 0 Å². The zero-order valence-electron chi connectivity index (χ0n) is 9.84. The van der Waals surface area contributed by atoms with E-state index < -0.39 is 0 Å². The number of aliphatic imine (C=N–C) groups is 1. The van der Waals surface area contributed by atoms with Crippen LogP contribution in [-0.4, -0.2) is 23.2 Å². The van der Waals surface area contributed by atoms with Crippen molar-refractivity contribution in [3.05, 3.63) is 30.3 Å². The van der Waals surface area contributed by atoms with Crippen molar-refractivity contribution in [2.75, 3.05) is 5.32 Å². The van der Waals surface area contributed by atoms with Crippen molar-refractivity contribution in [2.45, 2.75) is 37.8 Å². The van der Waals surface area contributed by atoms with Crippen molar-refractivity contribution >= 4 is 11.6 Å². The average molecular weight is 233 g/mol. The highest BCUT2D eigenvalue weighted by atomic mass is 16.3. The van der Waals surface area contributed by atoms with E-state index in [1.807, 2.05) is 30.3 Å². The van der Waals surface area contributed by atoms with Crippen molar-refractivity contribution in [2.24, 2.45) is 10.7 Å². The van der Waals surface area contributed by atoms with Crippen LogP contribution in [0.25, 0.3) is 0 Å². The van der Waals surface area contributed by atoms with Crippen molar-refractivity contribution in [1.82, 2.24) is 0 Å². The Bertz CT molecular complexity index is 378. The number of nitrogens with two attached hydrogens (primary N) is 1. The highest BCUT2D eigenvalue weighted by Crippen LogP contribution is 2.21. The molecule has 4 N–H and O–H groups in total. The predicted molar refractivity (Wildman–Crippen MR) is 69.9 cm³/mol. The van der Waals surface area contributed by atoms with E-state index in [0.29, 0.717) is 5.96 Å². The van der Waals surface area contributed by atoms with Gasteiger partial charge in [0.1, 0.15) is 0 Å². The number of hydrogen-bond donors (Lipinski definition) is 3. The van der Waals surface area contributed by atoms with Gasteiger partial charge in [-0.2, -0.15) is 0 Å². The van der Waals surface area contributed by atoms with E-state index in [-0.39, 0.29) is 12.1 Å². The van der Waals surface area contributed by atoms with E-state index in [2.05, 4.69) is 10.3 Å². The van der Waals surface area contributed by atoms with E-state index in [1.165, 1.54) is 0 Å². The smallest absolute Gasteiger partial charge is 0.193 e. The lowest BCUT2D eigenvalue weighted by molar-refractivity contribution is 0.109. The third-order valence-electron chi connectivity index (χ3n) is 3.05. The third kappa shape index (κ3) is 3.46. The van der Waals surface area contributed by atoms with Crippen molar-refractivity contribution in [3.63, 3.8) is 0 Å². The Labute approximate surface area is 102 Å².